The maximum absolute atomic E-state index is 14.5. The number of nitrogens with one attached hydrogen (secondary N) is 1. The molecule has 1 aromatic carbocycles. The number of nitrogens with zero attached hydrogens (tertiary/aromatic N) is 5. The number of aromatic nitrogens is 4. The van der Waals surface area contributed by atoms with Crippen LogP contribution < -0.4 is 5.32 Å². The van der Waals surface area contributed by atoms with Crippen LogP contribution in [0.3, 0.4) is 0 Å². The number of hydrogen-bond donors (Lipinski definition) is 1. The van der Waals surface area contributed by atoms with Gasteiger partial charge in [0, 0.05) is 17.3 Å². The molecule has 2 aliphatic heterocycles. The second kappa shape index (κ2) is 8.03. The highest BCUT2D eigenvalue weighted by Gasteiger charge is 2.30. The Labute approximate surface area is 173 Å². The van der Waals surface area contributed by atoms with Crippen molar-refractivity contribution in [1.82, 2.24) is 30.1 Å². The van der Waals surface area contributed by atoms with E-state index in [4.69, 9.17) is 4.52 Å². The molecular weight excluding hydrogens is 390 g/mol. The SMILES string of the molecule is CCc1nn(-c2noc(C3CCN(C4CCNCC4)CC3)n2)c2c(F)c(F)ccc12. The monoisotopic (exact) mass is 416 g/mol. The van der Waals surface area contributed by atoms with Gasteiger partial charge in [0.15, 0.2) is 11.6 Å². The van der Waals surface area contributed by atoms with Gasteiger partial charge in [0.2, 0.25) is 5.89 Å². The van der Waals surface area contributed by atoms with Crippen molar-refractivity contribution in [3.05, 3.63) is 35.4 Å². The molecule has 1 N–H and O–H groups in total. The Balaban J connectivity index is 1.37. The van der Waals surface area contributed by atoms with E-state index in [2.05, 4.69) is 25.5 Å². The lowest BCUT2D eigenvalue weighted by Crippen LogP contribution is -2.46. The molecule has 0 saturated carbocycles. The molecule has 0 spiro atoms. The normalized spacial score (nSPS) is 19.7. The fourth-order valence-electron chi connectivity index (χ4n) is 4.77. The molecule has 5 rings (SSSR count). The first-order chi connectivity index (χ1) is 14.7. The third kappa shape index (κ3) is 3.39. The van der Waals surface area contributed by atoms with Crippen LogP contribution >= 0.6 is 0 Å². The molecule has 0 atom stereocenters. The van der Waals surface area contributed by atoms with Gasteiger partial charge in [-0.3, -0.25) is 0 Å². The Morgan fingerprint density at radius 2 is 1.90 bits per heavy atom. The minimum Gasteiger partial charge on any atom is -0.337 e. The van der Waals surface area contributed by atoms with Crippen molar-refractivity contribution < 1.29 is 13.3 Å². The third-order valence-electron chi connectivity index (χ3n) is 6.47. The van der Waals surface area contributed by atoms with E-state index < -0.39 is 11.6 Å². The molecule has 2 aromatic heterocycles. The molecule has 4 heterocycles. The van der Waals surface area contributed by atoms with Gasteiger partial charge in [-0.05, 0) is 75.6 Å². The van der Waals surface area contributed by atoms with Crippen LogP contribution in [-0.2, 0) is 6.42 Å². The summed E-state index contributed by atoms with van der Waals surface area (Å²) >= 11 is 0. The van der Waals surface area contributed by atoms with E-state index in [0.717, 1.165) is 45.1 Å². The summed E-state index contributed by atoms with van der Waals surface area (Å²) in [6, 6.07) is 3.33. The van der Waals surface area contributed by atoms with Crippen LogP contribution in [0.15, 0.2) is 16.7 Å². The zero-order valence-electron chi connectivity index (χ0n) is 17.1. The molecule has 2 saturated heterocycles. The topological polar surface area (TPSA) is 72.0 Å². The van der Waals surface area contributed by atoms with E-state index in [1.165, 1.54) is 17.5 Å². The van der Waals surface area contributed by atoms with Gasteiger partial charge in [0.25, 0.3) is 5.95 Å². The van der Waals surface area contributed by atoms with Crippen molar-refractivity contribution >= 4 is 10.9 Å². The molecule has 30 heavy (non-hydrogen) atoms. The zero-order valence-corrected chi connectivity index (χ0v) is 17.1. The molecule has 3 aromatic rings. The Kier molecular flexibility index (Phi) is 5.24. The minimum atomic E-state index is -0.943. The largest absolute Gasteiger partial charge is 0.337 e. The first-order valence-corrected chi connectivity index (χ1v) is 10.8. The highest BCUT2D eigenvalue weighted by molar-refractivity contribution is 5.83. The molecule has 0 amide bonds. The molecule has 0 bridgehead atoms. The smallest absolute Gasteiger partial charge is 0.291 e. The van der Waals surface area contributed by atoms with E-state index in [-0.39, 0.29) is 17.4 Å². The maximum atomic E-state index is 14.5. The number of halogens is 2. The summed E-state index contributed by atoms with van der Waals surface area (Å²) in [7, 11) is 0. The molecule has 0 unspecified atom stereocenters. The van der Waals surface area contributed by atoms with Gasteiger partial charge in [0.05, 0.1) is 5.69 Å². The molecule has 7 nitrogen and oxygen atoms in total. The average molecular weight is 416 g/mol. The molecule has 0 aliphatic carbocycles. The van der Waals surface area contributed by atoms with Crippen molar-refractivity contribution in [2.45, 2.75) is 51.0 Å². The fourth-order valence-corrected chi connectivity index (χ4v) is 4.77. The number of hydrogen-bond acceptors (Lipinski definition) is 6. The zero-order chi connectivity index (χ0) is 20.7. The Morgan fingerprint density at radius 3 is 2.63 bits per heavy atom. The highest BCUT2D eigenvalue weighted by atomic mass is 19.2. The number of fused-ring (bicyclic) bond motifs is 1. The quantitative estimate of drug-likeness (QED) is 0.704. The van der Waals surface area contributed by atoms with E-state index in [0.29, 0.717) is 29.4 Å². The Bertz CT molecular complexity index is 1030. The van der Waals surface area contributed by atoms with Gasteiger partial charge >= 0.3 is 0 Å². The van der Waals surface area contributed by atoms with Crippen molar-refractivity contribution in [3.8, 4) is 5.95 Å². The summed E-state index contributed by atoms with van der Waals surface area (Å²) in [5, 5.41) is 12.4. The third-order valence-corrected chi connectivity index (χ3v) is 6.47. The molecule has 9 heteroatoms. The summed E-state index contributed by atoms with van der Waals surface area (Å²) in [5.74, 6) is -0.978. The summed E-state index contributed by atoms with van der Waals surface area (Å²) in [6.07, 6.45) is 4.89. The molecule has 0 radical (unpaired) electrons. The number of aryl methyl sites for hydroxylation is 1. The van der Waals surface area contributed by atoms with Crippen LogP contribution in [0, 0.1) is 11.6 Å². The van der Waals surface area contributed by atoms with Crippen molar-refractivity contribution in [2.75, 3.05) is 26.2 Å². The van der Waals surface area contributed by atoms with E-state index in [1.54, 1.807) is 6.07 Å². The first kappa shape index (κ1) is 19.6. The number of rotatable bonds is 4. The summed E-state index contributed by atoms with van der Waals surface area (Å²) in [6.45, 7) is 6.12. The first-order valence-electron chi connectivity index (χ1n) is 10.8. The van der Waals surface area contributed by atoms with Gasteiger partial charge < -0.3 is 14.7 Å². The lowest BCUT2D eigenvalue weighted by Gasteiger charge is -2.38. The Hall–Kier alpha value is -2.39. The van der Waals surface area contributed by atoms with Gasteiger partial charge in [-0.15, -0.1) is 0 Å². The van der Waals surface area contributed by atoms with Crippen LogP contribution in [0.25, 0.3) is 16.9 Å². The highest BCUT2D eigenvalue weighted by Crippen LogP contribution is 2.31. The molecular formula is C21H26F2N6O. The summed E-state index contributed by atoms with van der Waals surface area (Å²) < 4.78 is 35.2. The second-order valence-corrected chi connectivity index (χ2v) is 8.19. The van der Waals surface area contributed by atoms with Crippen LogP contribution in [0.2, 0.25) is 0 Å². The van der Waals surface area contributed by atoms with Gasteiger partial charge in [-0.25, -0.2) is 8.78 Å². The van der Waals surface area contributed by atoms with Crippen molar-refractivity contribution in [3.63, 3.8) is 0 Å². The fraction of sp³-hybridized carbons (Fsp3) is 0.571. The van der Waals surface area contributed by atoms with E-state index >= 15 is 0 Å². The van der Waals surface area contributed by atoms with Crippen molar-refractivity contribution in [1.29, 1.82) is 0 Å². The summed E-state index contributed by atoms with van der Waals surface area (Å²) in [5.41, 5.74) is 0.727. The van der Waals surface area contributed by atoms with Crippen LogP contribution in [0.1, 0.15) is 50.1 Å². The lowest BCUT2D eigenvalue weighted by molar-refractivity contribution is 0.120. The van der Waals surface area contributed by atoms with E-state index in [1.807, 2.05) is 6.92 Å². The van der Waals surface area contributed by atoms with E-state index in [9.17, 15) is 8.78 Å². The number of piperidine rings is 2. The molecule has 160 valence electrons. The number of likely N-dealkylation sites (tertiary alicyclic amines) is 1. The van der Waals surface area contributed by atoms with Crippen LogP contribution in [0.5, 0.6) is 0 Å². The molecule has 2 fully saturated rings. The average Bonchev–Trinajstić information content (AvgIpc) is 3.42. The standard InChI is InChI=1S/C21H26F2N6O/c1-2-17-15-3-4-16(22)18(23)19(15)29(26-17)21-25-20(30-27-21)13-7-11-28(12-8-13)14-5-9-24-10-6-14/h3-4,13-14,24H,2,5-12H2,1H3. The van der Waals surface area contributed by atoms with Gasteiger partial charge in [0.1, 0.15) is 5.52 Å². The van der Waals surface area contributed by atoms with Crippen LogP contribution in [-0.4, -0.2) is 57.0 Å². The predicted octanol–water partition coefficient (Wildman–Crippen LogP) is 3.18. The minimum absolute atomic E-state index is 0.0555. The molecule has 2 aliphatic rings. The van der Waals surface area contributed by atoms with Gasteiger partial charge in [-0.1, -0.05) is 6.92 Å². The predicted molar refractivity (Wildman–Crippen MR) is 108 cm³/mol. The second-order valence-electron chi connectivity index (χ2n) is 8.19. The van der Waals surface area contributed by atoms with Crippen LogP contribution in [0.4, 0.5) is 8.78 Å². The maximum Gasteiger partial charge on any atom is 0.291 e. The lowest BCUT2D eigenvalue weighted by atomic mass is 9.94. The number of benzene rings is 1. The Morgan fingerprint density at radius 1 is 1.13 bits per heavy atom. The summed E-state index contributed by atoms with van der Waals surface area (Å²) in [4.78, 5) is 7.09. The van der Waals surface area contributed by atoms with Gasteiger partial charge in [-0.2, -0.15) is 14.8 Å². The van der Waals surface area contributed by atoms with Crippen molar-refractivity contribution in [2.24, 2.45) is 0 Å².